The number of hydrogen-bond acceptors (Lipinski definition) is 4. The number of rotatable bonds is 9. The van der Waals surface area contributed by atoms with Crippen LogP contribution in [-0.4, -0.2) is 46.6 Å². The van der Waals surface area contributed by atoms with Crippen LogP contribution in [0.25, 0.3) is 0 Å². The smallest absolute Gasteiger partial charge is 0.325 e. The lowest BCUT2D eigenvalue weighted by Gasteiger charge is -2.25. The zero-order valence-electron chi connectivity index (χ0n) is 19.2. The van der Waals surface area contributed by atoms with E-state index in [-0.39, 0.29) is 19.5 Å². The summed E-state index contributed by atoms with van der Waals surface area (Å²) in [5.41, 5.74) is 6.64. The minimum atomic E-state index is -1.26. The Bertz CT molecular complexity index is 1040. The van der Waals surface area contributed by atoms with E-state index < -0.39 is 35.8 Å². The van der Waals surface area contributed by atoms with Crippen LogP contribution in [0.15, 0.2) is 54.6 Å². The summed E-state index contributed by atoms with van der Waals surface area (Å²) in [6, 6.07) is 16.2. The molecule has 1 aliphatic heterocycles. The Kier molecular flexibility index (Phi) is 7.16. The van der Waals surface area contributed by atoms with E-state index in [4.69, 9.17) is 5.73 Å². The number of hydrogen-bond donors (Lipinski definition) is 2. The summed E-state index contributed by atoms with van der Waals surface area (Å²) in [5, 5.41) is 2.73. The molecule has 0 aliphatic carbocycles. The summed E-state index contributed by atoms with van der Waals surface area (Å²) >= 11 is 0. The highest BCUT2D eigenvalue weighted by Gasteiger charge is 2.49. The van der Waals surface area contributed by atoms with Crippen molar-refractivity contribution in [3.8, 4) is 0 Å². The Balaban J connectivity index is 1.77. The molecule has 1 aliphatic rings. The molecular weight excluding hydrogens is 420 g/mol. The maximum absolute atomic E-state index is 13.2. The molecular formula is C25H30N4O4. The van der Waals surface area contributed by atoms with Crippen molar-refractivity contribution in [2.24, 2.45) is 5.73 Å². The van der Waals surface area contributed by atoms with E-state index in [2.05, 4.69) is 19.2 Å². The molecule has 1 atom stereocenters. The first-order chi connectivity index (χ1) is 15.6. The number of imide groups is 1. The van der Waals surface area contributed by atoms with Crippen LogP contribution in [0.1, 0.15) is 49.8 Å². The molecule has 1 unspecified atom stereocenters. The summed E-state index contributed by atoms with van der Waals surface area (Å²) in [7, 11) is 0. The van der Waals surface area contributed by atoms with Gasteiger partial charge in [-0.05, 0) is 29.5 Å². The first-order valence-electron chi connectivity index (χ1n) is 11.0. The molecule has 3 rings (SSSR count). The maximum Gasteiger partial charge on any atom is 0.325 e. The van der Waals surface area contributed by atoms with Gasteiger partial charge < -0.3 is 16.0 Å². The standard InChI is InChI=1S/C25H30N4O4/c1-17(2)19-9-11-20(12-10-19)25(3)23(32)29(24(33)27-25)16-22(31)28(14-13-21(26)30)15-18-7-5-4-6-8-18/h4-12,17H,13-16H2,1-3H3,(H2,26,30)(H,27,33). The number of nitrogens with two attached hydrogens (primary N) is 1. The van der Waals surface area contributed by atoms with Gasteiger partial charge in [0.05, 0.1) is 0 Å². The molecule has 5 amide bonds. The highest BCUT2D eigenvalue weighted by atomic mass is 16.2. The zero-order chi connectivity index (χ0) is 24.2. The molecule has 0 radical (unpaired) electrons. The Hall–Kier alpha value is -3.68. The second-order valence-corrected chi connectivity index (χ2v) is 8.74. The van der Waals surface area contributed by atoms with Crippen LogP contribution in [0.2, 0.25) is 0 Å². The normalized spacial score (nSPS) is 17.9. The number of urea groups is 1. The van der Waals surface area contributed by atoms with Gasteiger partial charge in [0.1, 0.15) is 12.1 Å². The Morgan fingerprint density at radius 1 is 1.06 bits per heavy atom. The molecule has 0 saturated carbocycles. The summed E-state index contributed by atoms with van der Waals surface area (Å²) in [5.74, 6) is -1.13. The molecule has 33 heavy (non-hydrogen) atoms. The predicted octanol–water partition coefficient (Wildman–Crippen LogP) is 2.48. The van der Waals surface area contributed by atoms with Gasteiger partial charge in [-0.2, -0.15) is 0 Å². The van der Waals surface area contributed by atoms with Crippen LogP contribution in [-0.2, 0) is 26.5 Å². The summed E-state index contributed by atoms with van der Waals surface area (Å²) in [6.45, 7) is 5.70. The molecule has 174 valence electrons. The molecule has 1 heterocycles. The lowest BCUT2D eigenvalue weighted by molar-refractivity contribution is -0.139. The first-order valence-corrected chi connectivity index (χ1v) is 11.0. The Morgan fingerprint density at radius 3 is 2.27 bits per heavy atom. The average Bonchev–Trinajstić information content (AvgIpc) is 3.01. The maximum atomic E-state index is 13.2. The molecule has 2 aromatic carbocycles. The van der Waals surface area contributed by atoms with Gasteiger partial charge in [-0.25, -0.2) is 4.79 Å². The van der Waals surface area contributed by atoms with E-state index in [1.165, 1.54) is 4.90 Å². The number of carbonyl (C=O) groups excluding carboxylic acids is 4. The van der Waals surface area contributed by atoms with Crippen molar-refractivity contribution >= 4 is 23.8 Å². The largest absolute Gasteiger partial charge is 0.370 e. The number of benzene rings is 2. The zero-order valence-corrected chi connectivity index (χ0v) is 19.2. The van der Waals surface area contributed by atoms with Crippen molar-refractivity contribution in [1.82, 2.24) is 15.1 Å². The van der Waals surface area contributed by atoms with Crippen LogP contribution >= 0.6 is 0 Å². The van der Waals surface area contributed by atoms with Crippen LogP contribution in [0, 0.1) is 0 Å². The van der Waals surface area contributed by atoms with Gasteiger partial charge in [0.15, 0.2) is 0 Å². The van der Waals surface area contributed by atoms with Gasteiger partial charge in [-0.1, -0.05) is 68.4 Å². The third kappa shape index (κ3) is 5.39. The van der Waals surface area contributed by atoms with Crippen molar-refractivity contribution in [3.63, 3.8) is 0 Å². The molecule has 0 aromatic heterocycles. The molecule has 8 heteroatoms. The van der Waals surface area contributed by atoms with E-state index in [9.17, 15) is 19.2 Å². The summed E-state index contributed by atoms with van der Waals surface area (Å²) in [4.78, 5) is 52.7. The number of amides is 5. The number of nitrogens with zero attached hydrogens (tertiary/aromatic N) is 2. The van der Waals surface area contributed by atoms with E-state index in [1.54, 1.807) is 6.92 Å². The van der Waals surface area contributed by atoms with Gasteiger partial charge in [0.2, 0.25) is 11.8 Å². The van der Waals surface area contributed by atoms with Crippen molar-refractivity contribution in [2.45, 2.75) is 45.2 Å². The van der Waals surface area contributed by atoms with E-state index in [0.717, 1.165) is 16.0 Å². The van der Waals surface area contributed by atoms with Gasteiger partial charge in [-0.3, -0.25) is 19.3 Å². The third-order valence-corrected chi connectivity index (χ3v) is 5.92. The third-order valence-electron chi connectivity index (χ3n) is 5.92. The van der Waals surface area contributed by atoms with Gasteiger partial charge >= 0.3 is 6.03 Å². The van der Waals surface area contributed by atoms with Crippen molar-refractivity contribution in [3.05, 3.63) is 71.3 Å². The van der Waals surface area contributed by atoms with Crippen LogP contribution < -0.4 is 11.1 Å². The second kappa shape index (κ2) is 9.85. The SMILES string of the molecule is CC(C)c1ccc(C2(C)NC(=O)N(CC(=O)N(CCC(N)=O)Cc3ccccc3)C2=O)cc1. The monoisotopic (exact) mass is 450 g/mol. The quantitative estimate of drug-likeness (QED) is 0.572. The van der Waals surface area contributed by atoms with Gasteiger partial charge in [0, 0.05) is 19.5 Å². The number of nitrogens with one attached hydrogen (secondary N) is 1. The summed E-state index contributed by atoms with van der Waals surface area (Å²) < 4.78 is 0. The lowest BCUT2D eigenvalue weighted by atomic mass is 9.90. The minimum Gasteiger partial charge on any atom is -0.370 e. The molecule has 0 bridgehead atoms. The fourth-order valence-corrected chi connectivity index (χ4v) is 3.81. The fourth-order valence-electron chi connectivity index (χ4n) is 3.81. The summed E-state index contributed by atoms with van der Waals surface area (Å²) in [6.07, 6.45) is -0.0152. The van der Waals surface area contributed by atoms with Crippen molar-refractivity contribution < 1.29 is 19.2 Å². The molecule has 2 aromatic rings. The van der Waals surface area contributed by atoms with Gasteiger partial charge in [-0.15, -0.1) is 0 Å². The Labute approximate surface area is 193 Å². The first kappa shape index (κ1) is 24.0. The van der Waals surface area contributed by atoms with Gasteiger partial charge in [0.25, 0.3) is 5.91 Å². The van der Waals surface area contributed by atoms with Crippen LogP contribution in [0.3, 0.4) is 0 Å². The minimum absolute atomic E-state index is 0.0152. The molecule has 3 N–H and O–H groups in total. The van der Waals surface area contributed by atoms with Crippen LogP contribution in [0.5, 0.6) is 0 Å². The number of carbonyl (C=O) groups is 4. The lowest BCUT2D eigenvalue weighted by Crippen LogP contribution is -2.45. The van der Waals surface area contributed by atoms with E-state index in [0.29, 0.717) is 11.5 Å². The fraction of sp³-hybridized carbons (Fsp3) is 0.360. The van der Waals surface area contributed by atoms with E-state index in [1.807, 2.05) is 54.6 Å². The second-order valence-electron chi connectivity index (χ2n) is 8.74. The highest BCUT2D eigenvalue weighted by molar-refractivity contribution is 6.09. The average molecular weight is 451 g/mol. The van der Waals surface area contributed by atoms with E-state index >= 15 is 0 Å². The molecule has 0 spiro atoms. The Morgan fingerprint density at radius 2 is 1.70 bits per heavy atom. The van der Waals surface area contributed by atoms with Crippen molar-refractivity contribution in [1.29, 1.82) is 0 Å². The topological polar surface area (TPSA) is 113 Å². The molecule has 8 nitrogen and oxygen atoms in total. The number of primary amides is 1. The van der Waals surface area contributed by atoms with Crippen LogP contribution in [0.4, 0.5) is 4.79 Å². The molecule has 1 saturated heterocycles. The van der Waals surface area contributed by atoms with Crippen molar-refractivity contribution in [2.75, 3.05) is 13.1 Å². The molecule has 1 fully saturated rings. The highest BCUT2D eigenvalue weighted by Crippen LogP contribution is 2.30. The predicted molar refractivity (Wildman–Crippen MR) is 124 cm³/mol.